The zero-order valence-electron chi connectivity index (χ0n) is 15.5. The molecule has 2 saturated heterocycles. The van der Waals surface area contributed by atoms with Crippen molar-refractivity contribution in [1.82, 2.24) is 9.80 Å². The van der Waals surface area contributed by atoms with Crippen molar-refractivity contribution in [3.05, 3.63) is 29.8 Å². The van der Waals surface area contributed by atoms with Crippen molar-refractivity contribution in [2.24, 2.45) is 5.41 Å². The van der Waals surface area contributed by atoms with Gasteiger partial charge in [0, 0.05) is 38.3 Å². The summed E-state index contributed by atoms with van der Waals surface area (Å²) < 4.78 is 11.5. The van der Waals surface area contributed by atoms with E-state index in [1.165, 1.54) is 5.56 Å². The Balaban J connectivity index is 1.49. The van der Waals surface area contributed by atoms with Crippen LogP contribution in [0.5, 0.6) is 5.75 Å². The molecule has 0 spiro atoms. The first-order valence-corrected chi connectivity index (χ1v) is 9.53. The Kier molecular flexibility index (Phi) is 6.70. The minimum absolute atomic E-state index is 0.102. The van der Waals surface area contributed by atoms with Gasteiger partial charge in [0.05, 0.1) is 13.2 Å². The van der Waals surface area contributed by atoms with E-state index in [0.717, 1.165) is 77.7 Å². The van der Waals surface area contributed by atoms with Gasteiger partial charge in [0.25, 0.3) is 0 Å². The molecule has 0 amide bonds. The van der Waals surface area contributed by atoms with E-state index in [2.05, 4.69) is 34.9 Å². The molecule has 1 aromatic rings. The molecule has 2 aliphatic heterocycles. The van der Waals surface area contributed by atoms with Crippen molar-refractivity contribution in [3.63, 3.8) is 0 Å². The Morgan fingerprint density at radius 3 is 2.52 bits per heavy atom. The largest absolute Gasteiger partial charge is 0.492 e. The molecule has 2 aliphatic rings. The van der Waals surface area contributed by atoms with Crippen molar-refractivity contribution in [1.29, 1.82) is 0 Å². The predicted octanol–water partition coefficient (Wildman–Crippen LogP) is 1.99. The lowest BCUT2D eigenvalue weighted by Crippen LogP contribution is -2.40. The van der Waals surface area contributed by atoms with E-state index in [1.807, 2.05) is 6.07 Å². The second-order valence-electron chi connectivity index (χ2n) is 7.66. The first kappa shape index (κ1) is 18.6. The molecule has 3 rings (SSSR count). The molecule has 2 fully saturated rings. The van der Waals surface area contributed by atoms with Gasteiger partial charge in [-0.25, -0.2) is 0 Å². The average molecular weight is 348 g/mol. The van der Waals surface area contributed by atoms with Crippen LogP contribution in [0.1, 0.15) is 25.3 Å². The maximum absolute atomic E-state index is 9.52. The SMILES string of the molecule is CC1(CO)CCN(Cc2ccccc2OCCN2CCOCC2)CC1. The Labute approximate surface area is 151 Å². The average Bonchev–Trinajstić information content (AvgIpc) is 2.66. The lowest BCUT2D eigenvalue weighted by molar-refractivity contribution is 0.0320. The molecule has 0 unspecified atom stereocenters. The van der Waals surface area contributed by atoms with Crippen LogP contribution in [0, 0.1) is 5.41 Å². The maximum Gasteiger partial charge on any atom is 0.123 e. The number of hydrogen-bond donors (Lipinski definition) is 1. The summed E-state index contributed by atoms with van der Waals surface area (Å²) in [6.45, 7) is 10.8. The highest BCUT2D eigenvalue weighted by atomic mass is 16.5. The number of likely N-dealkylation sites (tertiary alicyclic amines) is 1. The number of morpholine rings is 1. The molecule has 1 N–H and O–H groups in total. The summed E-state index contributed by atoms with van der Waals surface area (Å²) in [5.41, 5.74) is 1.36. The molecule has 0 aliphatic carbocycles. The van der Waals surface area contributed by atoms with Gasteiger partial charge >= 0.3 is 0 Å². The van der Waals surface area contributed by atoms with Gasteiger partial charge in [0.15, 0.2) is 0 Å². The van der Waals surface area contributed by atoms with E-state index in [-0.39, 0.29) is 5.41 Å². The Morgan fingerprint density at radius 2 is 1.80 bits per heavy atom. The van der Waals surface area contributed by atoms with Gasteiger partial charge in [-0.3, -0.25) is 9.80 Å². The van der Waals surface area contributed by atoms with E-state index < -0.39 is 0 Å². The van der Waals surface area contributed by atoms with Crippen LogP contribution in [-0.4, -0.2) is 74.1 Å². The summed E-state index contributed by atoms with van der Waals surface area (Å²) in [6.07, 6.45) is 2.12. The summed E-state index contributed by atoms with van der Waals surface area (Å²) in [4.78, 5) is 4.87. The third-order valence-electron chi connectivity index (χ3n) is 5.58. The lowest BCUT2D eigenvalue weighted by Gasteiger charge is -2.38. The zero-order chi connectivity index (χ0) is 17.5. The topological polar surface area (TPSA) is 45.2 Å². The van der Waals surface area contributed by atoms with E-state index in [9.17, 15) is 5.11 Å². The summed E-state index contributed by atoms with van der Waals surface area (Å²) >= 11 is 0. The molecule has 5 nitrogen and oxygen atoms in total. The Hall–Kier alpha value is -1.14. The van der Waals surface area contributed by atoms with Crippen LogP contribution in [0.2, 0.25) is 0 Å². The summed E-state index contributed by atoms with van der Waals surface area (Å²) in [5, 5.41) is 9.52. The number of aliphatic hydroxyl groups is 1. The maximum atomic E-state index is 9.52. The van der Waals surface area contributed by atoms with Crippen LogP contribution in [0.3, 0.4) is 0 Å². The van der Waals surface area contributed by atoms with Crippen molar-refractivity contribution < 1.29 is 14.6 Å². The molecular weight excluding hydrogens is 316 g/mol. The van der Waals surface area contributed by atoms with Gasteiger partial charge in [-0.1, -0.05) is 25.1 Å². The molecule has 0 atom stereocenters. The van der Waals surface area contributed by atoms with E-state index in [4.69, 9.17) is 9.47 Å². The van der Waals surface area contributed by atoms with Crippen LogP contribution >= 0.6 is 0 Å². The fourth-order valence-electron chi connectivity index (χ4n) is 3.53. The van der Waals surface area contributed by atoms with Crippen molar-refractivity contribution in [3.8, 4) is 5.75 Å². The minimum atomic E-state index is 0.102. The number of piperidine rings is 1. The highest BCUT2D eigenvalue weighted by molar-refractivity contribution is 5.33. The second kappa shape index (κ2) is 8.99. The molecule has 0 radical (unpaired) electrons. The molecule has 5 heteroatoms. The molecule has 140 valence electrons. The lowest BCUT2D eigenvalue weighted by atomic mass is 9.81. The van der Waals surface area contributed by atoms with Crippen LogP contribution in [0.25, 0.3) is 0 Å². The van der Waals surface area contributed by atoms with E-state index in [0.29, 0.717) is 6.61 Å². The van der Waals surface area contributed by atoms with Crippen LogP contribution in [0.4, 0.5) is 0 Å². The van der Waals surface area contributed by atoms with E-state index in [1.54, 1.807) is 0 Å². The third kappa shape index (κ3) is 5.42. The monoisotopic (exact) mass is 348 g/mol. The molecule has 0 bridgehead atoms. The molecule has 0 saturated carbocycles. The fraction of sp³-hybridized carbons (Fsp3) is 0.700. The fourth-order valence-corrected chi connectivity index (χ4v) is 3.53. The quantitative estimate of drug-likeness (QED) is 0.816. The smallest absolute Gasteiger partial charge is 0.123 e. The number of rotatable bonds is 7. The van der Waals surface area contributed by atoms with Gasteiger partial charge in [-0.15, -0.1) is 0 Å². The van der Waals surface area contributed by atoms with Crippen LogP contribution in [0.15, 0.2) is 24.3 Å². The molecule has 25 heavy (non-hydrogen) atoms. The normalized spacial score (nSPS) is 22.0. The van der Waals surface area contributed by atoms with Gasteiger partial charge in [0.1, 0.15) is 12.4 Å². The number of ether oxygens (including phenoxy) is 2. The standard InChI is InChI=1S/C20H32N2O3/c1-20(17-23)6-8-22(9-7-20)16-18-4-2-3-5-19(18)25-15-12-21-10-13-24-14-11-21/h2-5,23H,6-17H2,1H3. The molecule has 1 aromatic carbocycles. The summed E-state index contributed by atoms with van der Waals surface area (Å²) in [7, 11) is 0. The predicted molar refractivity (Wildman–Crippen MR) is 98.9 cm³/mol. The highest BCUT2D eigenvalue weighted by Crippen LogP contribution is 2.31. The van der Waals surface area contributed by atoms with Crippen LogP contribution < -0.4 is 4.74 Å². The van der Waals surface area contributed by atoms with Crippen molar-refractivity contribution in [2.45, 2.75) is 26.3 Å². The number of benzene rings is 1. The molecule has 2 heterocycles. The third-order valence-corrected chi connectivity index (χ3v) is 5.58. The highest BCUT2D eigenvalue weighted by Gasteiger charge is 2.29. The van der Waals surface area contributed by atoms with Gasteiger partial charge < -0.3 is 14.6 Å². The number of aliphatic hydroxyl groups excluding tert-OH is 1. The van der Waals surface area contributed by atoms with Crippen LogP contribution in [-0.2, 0) is 11.3 Å². The number of para-hydroxylation sites is 1. The number of nitrogens with zero attached hydrogens (tertiary/aromatic N) is 2. The minimum Gasteiger partial charge on any atom is -0.492 e. The second-order valence-corrected chi connectivity index (χ2v) is 7.66. The summed E-state index contributed by atoms with van der Waals surface area (Å²) in [5.74, 6) is 1.01. The van der Waals surface area contributed by atoms with E-state index >= 15 is 0 Å². The molecular formula is C20H32N2O3. The summed E-state index contributed by atoms with van der Waals surface area (Å²) in [6, 6.07) is 8.39. The Morgan fingerprint density at radius 1 is 1.08 bits per heavy atom. The van der Waals surface area contributed by atoms with Crippen molar-refractivity contribution >= 4 is 0 Å². The Bertz CT molecular complexity index is 523. The van der Waals surface area contributed by atoms with Gasteiger partial charge in [-0.05, 0) is 37.4 Å². The number of hydrogen-bond acceptors (Lipinski definition) is 5. The zero-order valence-corrected chi connectivity index (χ0v) is 15.5. The van der Waals surface area contributed by atoms with Gasteiger partial charge in [-0.2, -0.15) is 0 Å². The first-order chi connectivity index (χ1) is 12.2. The first-order valence-electron chi connectivity index (χ1n) is 9.53. The molecule has 0 aromatic heterocycles. The van der Waals surface area contributed by atoms with Gasteiger partial charge in [0.2, 0.25) is 0 Å². The van der Waals surface area contributed by atoms with Crippen molar-refractivity contribution in [2.75, 3.05) is 59.2 Å².